The van der Waals surface area contributed by atoms with Crippen LogP contribution >= 0.6 is 0 Å². The van der Waals surface area contributed by atoms with E-state index in [2.05, 4.69) is 50.3 Å². The van der Waals surface area contributed by atoms with Gasteiger partial charge in [0.2, 0.25) is 0 Å². The predicted octanol–water partition coefficient (Wildman–Crippen LogP) is 4.50. The van der Waals surface area contributed by atoms with Gasteiger partial charge in [0.15, 0.2) is 0 Å². The van der Waals surface area contributed by atoms with Crippen LogP contribution in [0, 0.1) is 17.8 Å². The lowest BCUT2D eigenvalue weighted by molar-refractivity contribution is 0.0708. The van der Waals surface area contributed by atoms with E-state index >= 15 is 0 Å². The summed E-state index contributed by atoms with van der Waals surface area (Å²) in [6, 6.07) is 10.9. The number of unbranched alkanes of at least 4 members (excludes halogenated alkanes) is 1. The molecule has 4 atom stereocenters. The third kappa shape index (κ3) is 2.58. The molecule has 1 nitrogen and oxygen atoms in total. The summed E-state index contributed by atoms with van der Waals surface area (Å²) in [5.74, 6) is 2.24. The molecule has 1 aromatic carbocycles. The van der Waals surface area contributed by atoms with E-state index in [0.717, 1.165) is 24.7 Å². The van der Waals surface area contributed by atoms with Gasteiger partial charge in [-0.05, 0) is 37.0 Å². The SMILES string of the molecule is CCCC[C@](O)(C1[C@H]2CCCC[C@@H]12)[Si](C)(C)c1ccccc1. The molecule has 0 spiro atoms. The first-order chi connectivity index (χ1) is 10.5. The molecular weight excluding hydrogens is 284 g/mol. The van der Waals surface area contributed by atoms with Crippen LogP contribution in [0.4, 0.5) is 0 Å². The zero-order chi connectivity index (χ0) is 15.8. The first kappa shape index (κ1) is 16.3. The first-order valence-corrected chi connectivity index (χ1v) is 12.3. The summed E-state index contributed by atoms with van der Waals surface area (Å²) < 4.78 is 0. The second-order valence-corrected chi connectivity index (χ2v) is 12.8. The lowest BCUT2D eigenvalue weighted by Crippen LogP contribution is -2.64. The number of benzene rings is 1. The summed E-state index contributed by atoms with van der Waals surface area (Å²) in [4.78, 5) is 0. The van der Waals surface area contributed by atoms with E-state index in [1.54, 1.807) is 0 Å². The fourth-order valence-electron chi connectivity index (χ4n) is 5.15. The highest BCUT2D eigenvalue weighted by Gasteiger charge is 2.65. The first-order valence-electron chi connectivity index (χ1n) is 9.30. The molecule has 2 aliphatic rings. The number of rotatable bonds is 6. The van der Waals surface area contributed by atoms with Gasteiger partial charge < -0.3 is 5.11 Å². The van der Waals surface area contributed by atoms with Crippen LogP contribution in [0.5, 0.6) is 0 Å². The van der Waals surface area contributed by atoms with Crippen LogP contribution in [-0.4, -0.2) is 18.4 Å². The molecule has 0 heterocycles. The molecular formula is C20H32OSi. The topological polar surface area (TPSA) is 20.2 Å². The molecule has 3 rings (SSSR count). The standard InChI is InChI=1S/C20H32OSi/c1-4-5-15-20(21,19-17-13-9-10-14-18(17)19)22(2,3)16-11-7-6-8-12-16/h6-8,11-12,17-19,21H,4-5,9-10,13-15H2,1-3H3/t17-,18+,19?,20-/m1/s1. The van der Waals surface area contributed by atoms with Crippen molar-refractivity contribution in [3.05, 3.63) is 30.3 Å². The summed E-state index contributed by atoms with van der Waals surface area (Å²) in [5, 5.41) is 13.0. The highest BCUT2D eigenvalue weighted by molar-refractivity contribution is 6.92. The molecule has 22 heavy (non-hydrogen) atoms. The molecule has 0 saturated heterocycles. The molecule has 0 aromatic heterocycles. The Bertz CT molecular complexity index is 486. The van der Waals surface area contributed by atoms with Crippen LogP contribution in [0.15, 0.2) is 30.3 Å². The third-order valence-corrected chi connectivity index (χ3v) is 11.2. The molecule has 122 valence electrons. The number of hydrogen-bond acceptors (Lipinski definition) is 1. The maximum absolute atomic E-state index is 12.0. The van der Waals surface area contributed by atoms with Gasteiger partial charge in [-0.2, -0.15) is 0 Å². The minimum absolute atomic E-state index is 0.413. The second kappa shape index (κ2) is 6.12. The molecule has 2 saturated carbocycles. The van der Waals surface area contributed by atoms with Gasteiger partial charge in [-0.1, -0.05) is 81.2 Å². The number of hydrogen-bond donors (Lipinski definition) is 1. The van der Waals surface area contributed by atoms with Crippen molar-refractivity contribution < 1.29 is 5.11 Å². The van der Waals surface area contributed by atoms with E-state index in [1.807, 2.05) is 0 Å². The van der Waals surface area contributed by atoms with E-state index in [0.29, 0.717) is 5.92 Å². The Morgan fingerprint density at radius 3 is 2.23 bits per heavy atom. The van der Waals surface area contributed by atoms with Crippen molar-refractivity contribution >= 4 is 13.3 Å². The number of aliphatic hydroxyl groups is 1. The van der Waals surface area contributed by atoms with Crippen molar-refractivity contribution in [1.29, 1.82) is 0 Å². The Morgan fingerprint density at radius 2 is 1.68 bits per heavy atom. The highest BCUT2D eigenvalue weighted by Crippen LogP contribution is 2.62. The van der Waals surface area contributed by atoms with E-state index < -0.39 is 13.3 Å². The summed E-state index contributed by atoms with van der Waals surface area (Å²) in [6.45, 7) is 7.06. The maximum atomic E-state index is 12.0. The Hall–Kier alpha value is -0.603. The van der Waals surface area contributed by atoms with Gasteiger partial charge in [0, 0.05) is 0 Å². The van der Waals surface area contributed by atoms with Gasteiger partial charge in [0.25, 0.3) is 0 Å². The Labute approximate surface area is 137 Å². The van der Waals surface area contributed by atoms with Gasteiger partial charge in [-0.25, -0.2) is 0 Å². The summed E-state index contributed by atoms with van der Waals surface area (Å²) >= 11 is 0. The van der Waals surface area contributed by atoms with Crippen LogP contribution in [0.25, 0.3) is 0 Å². The van der Waals surface area contributed by atoms with Gasteiger partial charge >= 0.3 is 0 Å². The van der Waals surface area contributed by atoms with Gasteiger partial charge in [-0.3, -0.25) is 0 Å². The van der Waals surface area contributed by atoms with E-state index in [4.69, 9.17) is 0 Å². The minimum Gasteiger partial charge on any atom is -0.393 e. The smallest absolute Gasteiger partial charge is 0.117 e. The van der Waals surface area contributed by atoms with E-state index in [9.17, 15) is 5.11 Å². The van der Waals surface area contributed by atoms with Crippen molar-refractivity contribution in [3.63, 3.8) is 0 Å². The largest absolute Gasteiger partial charge is 0.393 e. The lowest BCUT2D eigenvalue weighted by atomic mass is 10.0. The molecule has 1 N–H and O–H groups in total. The van der Waals surface area contributed by atoms with Crippen molar-refractivity contribution in [3.8, 4) is 0 Å². The second-order valence-electron chi connectivity index (χ2n) is 8.16. The Kier molecular flexibility index (Phi) is 4.53. The molecule has 1 aromatic rings. The normalized spacial score (nSPS) is 30.5. The average Bonchev–Trinajstić information content (AvgIpc) is 3.28. The summed E-state index contributed by atoms with van der Waals surface area (Å²) in [5.41, 5.74) is 0. The monoisotopic (exact) mass is 316 g/mol. The molecule has 0 aliphatic heterocycles. The fourth-order valence-corrected chi connectivity index (χ4v) is 8.74. The van der Waals surface area contributed by atoms with Crippen molar-refractivity contribution in [1.82, 2.24) is 0 Å². The van der Waals surface area contributed by atoms with Crippen LogP contribution < -0.4 is 5.19 Å². The molecule has 0 bridgehead atoms. The quantitative estimate of drug-likeness (QED) is 0.766. The predicted molar refractivity (Wildman–Crippen MR) is 97.0 cm³/mol. The zero-order valence-electron chi connectivity index (χ0n) is 14.5. The van der Waals surface area contributed by atoms with Crippen molar-refractivity contribution in [2.24, 2.45) is 17.8 Å². The number of fused-ring (bicyclic) bond motifs is 1. The zero-order valence-corrected chi connectivity index (χ0v) is 15.5. The molecule has 2 heteroatoms. The summed E-state index contributed by atoms with van der Waals surface area (Å²) in [7, 11) is -1.90. The molecule has 1 unspecified atom stereocenters. The van der Waals surface area contributed by atoms with E-state index in [-0.39, 0.29) is 0 Å². The van der Waals surface area contributed by atoms with Crippen LogP contribution in [0.2, 0.25) is 13.1 Å². The Morgan fingerprint density at radius 1 is 1.09 bits per heavy atom. The average molecular weight is 317 g/mol. The van der Waals surface area contributed by atoms with Gasteiger partial charge in [0.1, 0.15) is 8.07 Å². The van der Waals surface area contributed by atoms with Crippen LogP contribution in [-0.2, 0) is 0 Å². The van der Waals surface area contributed by atoms with E-state index in [1.165, 1.54) is 37.3 Å². The molecule has 2 fully saturated rings. The fraction of sp³-hybridized carbons (Fsp3) is 0.700. The molecule has 0 radical (unpaired) electrons. The third-order valence-electron chi connectivity index (χ3n) is 6.70. The van der Waals surface area contributed by atoms with Gasteiger partial charge in [-0.15, -0.1) is 0 Å². The van der Waals surface area contributed by atoms with Gasteiger partial charge in [0.05, 0.1) is 5.22 Å². The van der Waals surface area contributed by atoms with Crippen LogP contribution in [0.3, 0.4) is 0 Å². The highest BCUT2D eigenvalue weighted by atomic mass is 28.3. The summed E-state index contributed by atoms with van der Waals surface area (Å²) in [6.07, 6.45) is 8.85. The van der Waals surface area contributed by atoms with Crippen molar-refractivity contribution in [2.75, 3.05) is 0 Å². The lowest BCUT2D eigenvalue weighted by Gasteiger charge is -2.43. The minimum atomic E-state index is -1.90. The van der Waals surface area contributed by atoms with Crippen molar-refractivity contribution in [2.45, 2.75) is 70.2 Å². The molecule has 0 amide bonds. The Balaban J connectivity index is 1.92. The van der Waals surface area contributed by atoms with Crippen LogP contribution in [0.1, 0.15) is 51.9 Å². The molecule has 2 aliphatic carbocycles. The maximum Gasteiger partial charge on any atom is 0.117 e.